The highest BCUT2D eigenvalue weighted by molar-refractivity contribution is 5.94. The summed E-state index contributed by atoms with van der Waals surface area (Å²) in [4.78, 5) is 16.9. The number of likely N-dealkylation sites (tertiary alicyclic amines) is 1. The second-order valence-corrected chi connectivity index (χ2v) is 7.29. The lowest BCUT2D eigenvalue weighted by atomic mass is 10.0. The first kappa shape index (κ1) is 19.4. The van der Waals surface area contributed by atoms with E-state index in [0.29, 0.717) is 6.54 Å². The molecule has 1 saturated heterocycles. The summed E-state index contributed by atoms with van der Waals surface area (Å²) >= 11 is 0. The summed E-state index contributed by atoms with van der Waals surface area (Å²) in [5, 5.41) is 2.94. The second-order valence-electron chi connectivity index (χ2n) is 7.29. The minimum atomic E-state index is -0.486. The second kappa shape index (κ2) is 9.00. The fraction of sp³-hybridized carbons (Fsp3) is 0.409. The Balaban J connectivity index is 1.75. The molecule has 5 heteroatoms. The number of hydrogen-bond acceptors (Lipinski definition) is 3. The van der Waals surface area contributed by atoms with Crippen LogP contribution in [-0.2, 0) is 0 Å². The Labute approximate surface area is 161 Å². The summed E-state index contributed by atoms with van der Waals surface area (Å²) < 4.78 is 13.9. The molecule has 2 aromatic rings. The molecule has 2 aromatic carbocycles. The fourth-order valence-electron chi connectivity index (χ4n) is 3.61. The topological polar surface area (TPSA) is 35.6 Å². The Hall–Kier alpha value is -2.40. The molecular weight excluding hydrogens is 341 g/mol. The van der Waals surface area contributed by atoms with Crippen molar-refractivity contribution in [3.05, 3.63) is 65.5 Å². The van der Waals surface area contributed by atoms with Crippen molar-refractivity contribution in [2.24, 2.45) is 0 Å². The van der Waals surface area contributed by atoms with Crippen molar-refractivity contribution in [1.29, 1.82) is 0 Å². The summed E-state index contributed by atoms with van der Waals surface area (Å²) in [5.41, 5.74) is 2.42. The Morgan fingerprint density at radius 1 is 1.07 bits per heavy atom. The third-order valence-electron chi connectivity index (χ3n) is 5.20. The van der Waals surface area contributed by atoms with Crippen LogP contribution in [0.3, 0.4) is 0 Å². The molecule has 0 radical (unpaired) electrons. The fourth-order valence-corrected chi connectivity index (χ4v) is 3.61. The van der Waals surface area contributed by atoms with Gasteiger partial charge in [0.15, 0.2) is 0 Å². The van der Waals surface area contributed by atoms with Gasteiger partial charge in [-0.25, -0.2) is 4.39 Å². The molecule has 144 valence electrons. The maximum absolute atomic E-state index is 13.9. The number of nitrogens with one attached hydrogen (secondary N) is 1. The number of carbonyl (C=O) groups is 1. The van der Waals surface area contributed by atoms with E-state index in [4.69, 9.17) is 0 Å². The smallest absolute Gasteiger partial charge is 0.254 e. The quantitative estimate of drug-likeness (QED) is 0.840. The van der Waals surface area contributed by atoms with Gasteiger partial charge in [-0.05, 0) is 55.8 Å². The van der Waals surface area contributed by atoms with E-state index in [9.17, 15) is 9.18 Å². The number of benzene rings is 2. The molecule has 0 aliphatic carbocycles. The molecule has 0 spiro atoms. The van der Waals surface area contributed by atoms with Gasteiger partial charge in [-0.1, -0.05) is 30.7 Å². The third kappa shape index (κ3) is 4.86. The SMILES string of the molecule is CN(C)c1ccc(C(CNC(=O)c2ccccc2F)N2CCCCC2)cc1. The zero-order chi connectivity index (χ0) is 19.2. The van der Waals surface area contributed by atoms with Crippen LogP contribution in [0, 0.1) is 5.82 Å². The number of nitrogens with zero attached hydrogens (tertiary/aromatic N) is 2. The Kier molecular flexibility index (Phi) is 6.45. The van der Waals surface area contributed by atoms with Crippen molar-refractivity contribution in [2.75, 3.05) is 38.6 Å². The molecule has 1 fully saturated rings. The molecule has 0 aromatic heterocycles. The standard InChI is InChI=1S/C22H28FN3O/c1-25(2)18-12-10-17(11-13-18)21(26-14-6-3-7-15-26)16-24-22(27)19-8-4-5-9-20(19)23/h4-5,8-13,21H,3,6-7,14-16H2,1-2H3,(H,24,27). The molecule has 27 heavy (non-hydrogen) atoms. The molecule has 3 rings (SSSR count). The van der Waals surface area contributed by atoms with Crippen LogP contribution in [0.5, 0.6) is 0 Å². The van der Waals surface area contributed by atoms with Gasteiger partial charge < -0.3 is 10.2 Å². The lowest BCUT2D eigenvalue weighted by Gasteiger charge is -2.35. The van der Waals surface area contributed by atoms with Crippen molar-refractivity contribution >= 4 is 11.6 Å². The molecule has 1 aliphatic heterocycles. The van der Waals surface area contributed by atoms with Crippen molar-refractivity contribution in [1.82, 2.24) is 10.2 Å². The lowest BCUT2D eigenvalue weighted by Crippen LogP contribution is -2.40. The molecule has 0 saturated carbocycles. The molecule has 1 atom stereocenters. The summed E-state index contributed by atoms with van der Waals surface area (Å²) in [6.07, 6.45) is 3.60. The number of amides is 1. The molecule has 1 unspecified atom stereocenters. The number of hydrogen-bond donors (Lipinski definition) is 1. The van der Waals surface area contributed by atoms with Crippen molar-refractivity contribution in [2.45, 2.75) is 25.3 Å². The summed E-state index contributed by atoms with van der Waals surface area (Å²) in [5.74, 6) is -0.847. The molecular formula is C22H28FN3O. The van der Waals surface area contributed by atoms with Gasteiger partial charge in [0.25, 0.3) is 5.91 Å². The zero-order valence-electron chi connectivity index (χ0n) is 16.1. The molecule has 0 bridgehead atoms. The van der Waals surface area contributed by atoms with E-state index < -0.39 is 5.82 Å². The number of piperidine rings is 1. The average molecular weight is 369 g/mol. The Morgan fingerprint density at radius 2 is 1.74 bits per heavy atom. The van der Waals surface area contributed by atoms with Gasteiger partial charge in [0.1, 0.15) is 5.82 Å². The highest BCUT2D eigenvalue weighted by atomic mass is 19.1. The van der Waals surface area contributed by atoms with Gasteiger partial charge in [0.05, 0.1) is 11.6 Å². The highest BCUT2D eigenvalue weighted by Gasteiger charge is 2.23. The monoisotopic (exact) mass is 369 g/mol. The van der Waals surface area contributed by atoms with Gasteiger partial charge >= 0.3 is 0 Å². The molecule has 1 aliphatic rings. The van der Waals surface area contributed by atoms with E-state index in [-0.39, 0.29) is 17.5 Å². The largest absolute Gasteiger partial charge is 0.378 e. The normalized spacial score (nSPS) is 16.0. The summed E-state index contributed by atoms with van der Waals surface area (Å²) in [6, 6.07) is 14.7. The average Bonchev–Trinajstić information content (AvgIpc) is 2.69. The van der Waals surface area contributed by atoms with E-state index in [2.05, 4.69) is 39.4 Å². The van der Waals surface area contributed by atoms with Gasteiger partial charge in [-0.3, -0.25) is 9.69 Å². The van der Waals surface area contributed by atoms with Crippen LogP contribution in [-0.4, -0.2) is 44.5 Å². The van der Waals surface area contributed by atoms with E-state index in [1.807, 2.05) is 14.1 Å². The van der Waals surface area contributed by atoms with Gasteiger partial charge in [0.2, 0.25) is 0 Å². The third-order valence-corrected chi connectivity index (χ3v) is 5.20. The number of anilines is 1. The first-order valence-electron chi connectivity index (χ1n) is 9.60. The van der Waals surface area contributed by atoms with Crippen molar-refractivity contribution in [3.8, 4) is 0 Å². The lowest BCUT2D eigenvalue weighted by molar-refractivity contribution is 0.0920. The van der Waals surface area contributed by atoms with Crippen LogP contribution >= 0.6 is 0 Å². The van der Waals surface area contributed by atoms with Crippen LogP contribution < -0.4 is 10.2 Å². The van der Waals surface area contributed by atoms with Gasteiger partial charge in [0, 0.05) is 26.3 Å². The maximum Gasteiger partial charge on any atom is 0.254 e. The molecule has 4 nitrogen and oxygen atoms in total. The van der Waals surface area contributed by atoms with Crippen LogP contribution in [0.1, 0.15) is 41.2 Å². The summed E-state index contributed by atoms with van der Waals surface area (Å²) in [7, 11) is 4.04. The van der Waals surface area contributed by atoms with Crippen molar-refractivity contribution in [3.63, 3.8) is 0 Å². The Bertz CT molecular complexity index is 754. The molecule has 1 amide bonds. The minimum Gasteiger partial charge on any atom is -0.378 e. The first-order chi connectivity index (χ1) is 13.1. The number of halogens is 1. The predicted octanol–water partition coefficient (Wildman–Crippen LogP) is 3.85. The molecule has 1 N–H and O–H groups in total. The first-order valence-corrected chi connectivity index (χ1v) is 9.60. The highest BCUT2D eigenvalue weighted by Crippen LogP contribution is 2.26. The van der Waals surface area contributed by atoms with E-state index in [1.54, 1.807) is 12.1 Å². The van der Waals surface area contributed by atoms with Gasteiger partial charge in [-0.15, -0.1) is 0 Å². The van der Waals surface area contributed by atoms with Gasteiger partial charge in [-0.2, -0.15) is 0 Å². The van der Waals surface area contributed by atoms with E-state index >= 15 is 0 Å². The van der Waals surface area contributed by atoms with E-state index in [0.717, 1.165) is 18.8 Å². The van der Waals surface area contributed by atoms with Crippen LogP contribution in [0.4, 0.5) is 10.1 Å². The molecule has 1 heterocycles. The number of rotatable bonds is 6. The minimum absolute atomic E-state index is 0.0947. The maximum atomic E-state index is 13.9. The predicted molar refractivity (Wildman–Crippen MR) is 108 cm³/mol. The van der Waals surface area contributed by atoms with E-state index in [1.165, 1.54) is 37.0 Å². The van der Waals surface area contributed by atoms with Crippen molar-refractivity contribution < 1.29 is 9.18 Å². The zero-order valence-corrected chi connectivity index (χ0v) is 16.1. The summed E-state index contributed by atoms with van der Waals surface area (Å²) in [6.45, 7) is 2.51. The van der Waals surface area contributed by atoms with Crippen LogP contribution in [0.25, 0.3) is 0 Å². The Morgan fingerprint density at radius 3 is 2.37 bits per heavy atom. The van der Waals surface area contributed by atoms with Crippen LogP contribution in [0.15, 0.2) is 48.5 Å². The van der Waals surface area contributed by atoms with Crippen LogP contribution in [0.2, 0.25) is 0 Å². The number of carbonyl (C=O) groups excluding carboxylic acids is 1.